The Labute approximate surface area is 92.4 Å². The second-order valence-electron chi connectivity index (χ2n) is 5.27. The zero-order valence-electron chi connectivity index (χ0n) is 9.79. The molecular formula is C12H21N3. The van der Waals surface area contributed by atoms with Gasteiger partial charge in [0.1, 0.15) is 5.54 Å². The van der Waals surface area contributed by atoms with Crippen molar-refractivity contribution in [2.45, 2.75) is 44.2 Å². The van der Waals surface area contributed by atoms with E-state index in [4.69, 9.17) is 5.26 Å². The fraction of sp³-hybridized carbons (Fsp3) is 0.917. The van der Waals surface area contributed by atoms with Gasteiger partial charge in [-0.25, -0.2) is 0 Å². The molecule has 0 aromatic heterocycles. The van der Waals surface area contributed by atoms with E-state index in [1.807, 2.05) is 14.0 Å². The van der Waals surface area contributed by atoms with E-state index in [2.05, 4.69) is 16.3 Å². The van der Waals surface area contributed by atoms with Gasteiger partial charge in [0.25, 0.3) is 0 Å². The molecule has 2 fully saturated rings. The van der Waals surface area contributed by atoms with Gasteiger partial charge in [-0.1, -0.05) is 0 Å². The monoisotopic (exact) mass is 207 g/mol. The number of fused-ring (bicyclic) bond motifs is 2. The van der Waals surface area contributed by atoms with Crippen LogP contribution in [-0.2, 0) is 0 Å². The summed E-state index contributed by atoms with van der Waals surface area (Å²) < 4.78 is 0. The normalized spacial score (nSPS) is 33.9. The first kappa shape index (κ1) is 10.9. The third-order valence-corrected chi connectivity index (χ3v) is 4.22. The summed E-state index contributed by atoms with van der Waals surface area (Å²) >= 11 is 0. The summed E-state index contributed by atoms with van der Waals surface area (Å²) in [4.78, 5) is 2.58. The maximum atomic E-state index is 9.06. The molecule has 2 bridgehead atoms. The van der Waals surface area contributed by atoms with E-state index in [0.29, 0.717) is 0 Å². The molecule has 1 saturated carbocycles. The van der Waals surface area contributed by atoms with Crippen LogP contribution in [0.4, 0.5) is 0 Å². The Morgan fingerprint density at radius 1 is 1.53 bits per heavy atom. The van der Waals surface area contributed by atoms with Crippen LogP contribution in [0.3, 0.4) is 0 Å². The Bertz CT molecular complexity index is 271. The summed E-state index contributed by atoms with van der Waals surface area (Å²) in [7, 11) is 1.87. The van der Waals surface area contributed by atoms with Crippen molar-refractivity contribution in [2.24, 2.45) is 5.92 Å². The minimum absolute atomic E-state index is 0.345. The zero-order valence-corrected chi connectivity index (χ0v) is 9.79. The van der Waals surface area contributed by atoms with E-state index >= 15 is 0 Å². The Balaban J connectivity index is 1.82. The average molecular weight is 207 g/mol. The molecular weight excluding hydrogens is 186 g/mol. The fourth-order valence-corrected chi connectivity index (χ4v) is 2.90. The molecule has 3 heteroatoms. The van der Waals surface area contributed by atoms with Crippen molar-refractivity contribution >= 4 is 0 Å². The summed E-state index contributed by atoms with van der Waals surface area (Å²) in [5, 5.41) is 12.2. The highest BCUT2D eigenvalue weighted by Crippen LogP contribution is 2.37. The van der Waals surface area contributed by atoms with Crippen LogP contribution in [0.5, 0.6) is 0 Å². The Morgan fingerprint density at radius 2 is 2.33 bits per heavy atom. The van der Waals surface area contributed by atoms with Gasteiger partial charge in [-0.05, 0) is 45.6 Å². The van der Waals surface area contributed by atoms with Crippen molar-refractivity contribution < 1.29 is 0 Å². The number of likely N-dealkylation sites (tertiary alicyclic amines) is 1. The lowest BCUT2D eigenvalue weighted by Crippen LogP contribution is -2.43. The van der Waals surface area contributed by atoms with Crippen LogP contribution in [0.15, 0.2) is 0 Å². The molecule has 1 N–H and O–H groups in total. The van der Waals surface area contributed by atoms with Gasteiger partial charge < -0.3 is 5.32 Å². The highest BCUT2D eigenvalue weighted by atomic mass is 15.2. The van der Waals surface area contributed by atoms with Crippen molar-refractivity contribution in [2.75, 3.05) is 20.1 Å². The molecule has 2 rings (SSSR count). The second kappa shape index (κ2) is 4.11. The Morgan fingerprint density at radius 3 is 2.80 bits per heavy atom. The topological polar surface area (TPSA) is 39.1 Å². The van der Waals surface area contributed by atoms with Crippen LogP contribution in [0.25, 0.3) is 0 Å². The average Bonchev–Trinajstić information content (AvgIpc) is 2.87. The molecule has 0 aromatic carbocycles. The van der Waals surface area contributed by atoms with Gasteiger partial charge >= 0.3 is 0 Å². The molecule has 84 valence electrons. The summed E-state index contributed by atoms with van der Waals surface area (Å²) in [5.41, 5.74) is -0.345. The molecule has 1 aliphatic carbocycles. The van der Waals surface area contributed by atoms with E-state index in [-0.39, 0.29) is 5.54 Å². The largest absolute Gasteiger partial charge is 0.303 e. The third-order valence-electron chi connectivity index (χ3n) is 4.22. The van der Waals surface area contributed by atoms with E-state index in [9.17, 15) is 0 Å². The maximum absolute atomic E-state index is 9.06. The molecule has 0 amide bonds. The molecule has 1 heterocycles. The lowest BCUT2D eigenvalue weighted by molar-refractivity contribution is 0.197. The molecule has 2 aliphatic rings. The van der Waals surface area contributed by atoms with Gasteiger partial charge in [0, 0.05) is 19.1 Å². The molecule has 3 nitrogen and oxygen atoms in total. The Hall–Kier alpha value is -0.590. The van der Waals surface area contributed by atoms with Gasteiger partial charge in [0.2, 0.25) is 0 Å². The molecule has 0 radical (unpaired) electrons. The van der Waals surface area contributed by atoms with Gasteiger partial charge in [-0.2, -0.15) is 5.26 Å². The van der Waals surface area contributed by atoms with Crippen LogP contribution in [-0.4, -0.2) is 36.6 Å². The van der Waals surface area contributed by atoms with Gasteiger partial charge in [0.05, 0.1) is 6.07 Å². The van der Waals surface area contributed by atoms with Crippen LogP contribution >= 0.6 is 0 Å². The first-order valence-corrected chi connectivity index (χ1v) is 6.01. The molecule has 3 atom stereocenters. The summed E-state index contributed by atoms with van der Waals surface area (Å²) in [6.45, 7) is 4.34. The van der Waals surface area contributed by atoms with Crippen LogP contribution in [0.1, 0.15) is 32.6 Å². The predicted octanol–water partition coefficient (Wildman–Crippen LogP) is 1.36. The highest BCUT2D eigenvalue weighted by molar-refractivity contribution is 5.04. The van der Waals surface area contributed by atoms with Crippen molar-refractivity contribution in [3.8, 4) is 6.07 Å². The minimum atomic E-state index is -0.345. The molecule has 1 saturated heterocycles. The molecule has 0 aromatic rings. The second-order valence-corrected chi connectivity index (χ2v) is 5.27. The number of rotatable bonds is 4. The van der Waals surface area contributed by atoms with E-state index < -0.39 is 0 Å². The predicted molar refractivity (Wildman–Crippen MR) is 60.4 cm³/mol. The molecule has 0 spiro atoms. The van der Waals surface area contributed by atoms with Crippen molar-refractivity contribution in [1.29, 1.82) is 5.26 Å². The molecule has 15 heavy (non-hydrogen) atoms. The van der Waals surface area contributed by atoms with Crippen molar-refractivity contribution in [1.82, 2.24) is 10.2 Å². The molecule has 1 aliphatic heterocycles. The fourth-order valence-electron chi connectivity index (χ4n) is 2.90. The van der Waals surface area contributed by atoms with E-state index in [1.165, 1.54) is 25.8 Å². The van der Waals surface area contributed by atoms with Gasteiger partial charge in [-0.3, -0.25) is 4.90 Å². The smallest absolute Gasteiger partial charge is 0.104 e. The van der Waals surface area contributed by atoms with E-state index in [1.54, 1.807) is 0 Å². The maximum Gasteiger partial charge on any atom is 0.104 e. The lowest BCUT2D eigenvalue weighted by Gasteiger charge is -2.30. The number of nitrogens with one attached hydrogen (secondary N) is 1. The Kier molecular flexibility index (Phi) is 2.99. The number of hydrogen-bond donors (Lipinski definition) is 1. The molecule has 3 unspecified atom stereocenters. The van der Waals surface area contributed by atoms with Crippen LogP contribution < -0.4 is 5.32 Å². The van der Waals surface area contributed by atoms with Gasteiger partial charge in [-0.15, -0.1) is 0 Å². The highest BCUT2D eigenvalue weighted by Gasteiger charge is 2.38. The number of piperidine rings is 1. The SMILES string of the molecule is CNC(C)(C#N)CCN1CC2CCC1C2. The first-order valence-electron chi connectivity index (χ1n) is 6.01. The van der Waals surface area contributed by atoms with Gasteiger partial charge in [0.15, 0.2) is 0 Å². The first-order chi connectivity index (χ1) is 7.17. The van der Waals surface area contributed by atoms with Crippen molar-refractivity contribution in [3.63, 3.8) is 0 Å². The zero-order chi connectivity index (χ0) is 10.9. The summed E-state index contributed by atoms with van der Waals surface area (Å²) in [5.74, 6) is 0.956. The minimum Gasteiger partial charge on any atom is -0.303 e. The number of nitriles is 1. The number of hydrogen-bond acceptors (Lipinski definition) is 3. The van der Waals surface area contributed by atoms with Crippen molar-refractivity contribution in [3.05, 3.63) is 0 Å². The third kappa shape index (κ3) is 2.16. The van der Waals surface area contributed by atoms with Crippen LogP contribution in [0.2, 0.25) is 0 Å². The standard InChI is InChI=1S/C12H21N3/c1-12(9-13,14-2)5-6-15-8-10-3-4-11(15)7-10/h10-11,14H,3-8H2,1-2H3. The van der Waals surface area contributed by atoms with E-state index in [0.717, 1.165) is 24.9 Å². The summed E-state index contributed by atoms with van der Waals surface area (Å²) in [6, 6.07) is 3.19. The lowest BCUT2D eigenvalue weighted by atomic mass is 9.99. The number of nitrogens with zero attached hydrogens (tertiary/aromatic N) is 2. The quantitative estimate of drug-likeness (QED) is 0.756. The van der Waals surface area contributed by atoms with Crippen LogP contribution in [0, 0.1) is 17.2 Å². The summed E-state index contributed by atoms with van der Waals surface area (Å²) in [6.07, 6.45) is 5.16.